The molecule has 1 aliphatic rings. The molecule has 1 saturated heterocycles. The number of piperazine rings is 1. The molecule has 0 unspecified atom stereocenters. The van der Waals surface area contributed by atoms with Gasteiger partial charge >= 0.3 is 5.97 Å². The number of hydrogen-bond donors (Lipinski definition) is 2. The molecule has 0 atom stereocenters. The monoisotopic (exact) mass is 378 g/mol. The summed E-state index contributed by atoms with van der Waals surface area (Å²) in [4.78, 5) is 27.5. The number of carbonyl (C=O) groups excluding carboxylic acids is 2. The van der Waals surface area contributed by atoms with Crippen molar-refractivity contribution in [3.05, 3.63) is 46.4 Å². The number of methoxy groups -OCH3 is 1. The Morgan fingerprint density at radius 3 is 2.69 bits per heavy atom. The molecule has 8 heteroatoms. The minimum atomic E-state index is -0.457. The van der Waals surface area contributed by atoms with Crippen molar-refractivity contribution in [1.29, 1.82) is 0 Å². The molecular weight excluding hydrogens is 357 g/mol. The predicted octanol–water partition coefficient (Wildman–Crippen LogP) is 1.02. The van der Waals surface area contributed by atoms with Crippen molar-refractivity contribution < 1.29 is 23.6 Å². The standard InChI is InChI=1S/C18H20FN3O3S/c1-25-18(24)17-14(6-11-26-17)20-16(23)12-21-7-9-22(10-8-21)15-5-3-2-4-13(15)19/h2-6,11H,7-10,12H2,1H3,(H,20,23)/p+1. The number of ether oxygens (including phenoxy) is 1. The summed E-state index contributed by atoms with van der Waals surface area (Å²) in [5, 5.41) is 4.52. The fourth-order valence-corrected chi connectivity index (χ4v) is 3.79. The van der Waals surface area contributed by atoms with Gasteiger partial charge in [-0.05, 0) is 23.6 Å². The number of hydrogen-bond acceptors (Lipinski definition) is 5. The van der Waals surface area contributed by atoms with Gasteiger partial charge in [0.2, 0.25) is 0 Å². The molecule has 0 saturated carbocycles. The smallest absolute Gasteiger partial charge is 0.350 e. The van der Waals surface area contributed by atoms with Crippen molar-refractivity contribution in [2.24, 2.45) is 0 Å². The highest BCUT2D eigenvalue weighted by Gasteiger charge is 2.24. The first-order chi connectivity index (χ1) is 12.6. The molecule has 2 heterocycles. The van der Waals surface area contributed by atoms with Crippen LogP contribution in [0.1, 0.15) is 9.67 Å². The third kappa shape index (κ3) is 4.20. The molecule has 1 aromatic heterocycles. The van der Waals surface area contributed by atoms with Crippen LogP contribution in [0.25, 0.3) is 0 Å². The number of para-hydroxylation sites is 1. The van der Waals surface area contributed by atoms with E-state index in [1.165, 1.54) is 24.5 Å². The lowest BCUT2D eigenvalue weighted by atomic mass is 10.2. The van der Waals surface area contributed by atoms with E-state index >= 15 is 0 Å². The van der Waals surface area contributed by atoms with E-state index in [9.17, 15) is 14.0 Å². The summed E-state index contributed by atoms with van der Waals surface area (Å²) in [7, 11) is 1.31. The Balaban J connectivity index is 1.52. The minimum absolute atomic E-state index is 0.150. The van der Waals surface area contributed by atoms with Crippen molar-refractivity contribution in [2.75, 3.05) is 50.1 Å². The van der Waals surface area contributed by atoms with E-state index in [0.717, 1.165) is 18.0 Å². The average Bonchev–Trinajstić information content (AvgIpc) is 3.10. The molecule has 6 nitrogen and oxygen atoms in total. The molecule has 2 N–H and O–H groups in total. The second-order valence-corrected chi connectivity index (χ2v) is 6.98. The summed E-state index contributed by atoms with van der Waals surface area (Å²) in [6.45, 7) is 3.18. The van der Waals surface area contributed by atoms with Crippen LogP contribution in [0.2, 0.25) is 0 Å². The number of rotatable bonds is 5. The minimum Gasteiger partial charge on any atom is -0.465 e. The first kappa shape index (κ1) is 18.3. The van der Waals surface area contributed by atoms with E-state index < -0.39 is 5.97 Å². The highest BCUT2D eigenvalue weighted by molar-refractivity contribution is 7.12. The van der Waals surface area contributed by atoms with Gasteiger partial charge in [-0.2, -0.15) is 0 Å². The Kier molecular flexibility index (Phi) is 5.85. The molecule has 0 spiro atoms. The molecule has 0 radical (unpaired) electrons. The molecule has 1 aliphatic heterocycles. The van der Waals surface area contributed by atoms with Gasteiger partial charge in [-0.3, -0.25) is 4.79 Å². The van der Waals surface area contributed by atoms with E-state index in [-0.39, 0.29) is 11.7 Å². The largest absolute Gasteiger partial charge is 0.465 e. The van der Waals surface area contributed by atoms with Crippen molar-refractivity contribution >= 4 is 34.6 Å². The molecule has 0 bridgehead atoms. The van der Waals surface area contributed by atoms with Gasteiger partial charge in [-0.25, -0.2) is 9.18 Å². The maximum absolute atomic E-state index is 13.9. The summed E-state index contributed by atoms with van der Waals surface area (Å²) in [6, 6.07) is 8.43. The van der Waals surface area contributed by atoms with Gasteiger partial charge in [0.05, 0.1) is 44.7 Å². The second-order valence-electron chi connectivity index (χ2n) is 6.07. The predicted molar refractivity (Wildman–Crippen MR) is 98.5 cm³/mol. The van der Waals surface area contributed by atoms with Crippen LogP contribution >= 0.6 is 11.3 Å². The van der Waals surface area contributed by atoms with Crippen LogP contribution in [-0.4, -0.2) is 51.7 Å². The van der Waals surface area contributed by atoms with E-state index in [4.69, 9.17) is 4.74 Å². The lowest BCUT2D eigenvalue weighted by molar-refractivity contribution is -0.892. The maximum atomic E-state index is 13.9. The number of halogens is 1. The highest BCUT2D eigenvalue weighted by Crippen LogP contribution is 2.23. The lowest BCUT2D eigenvalue weighted by Crippen LogP contribution is -3.15. The molecule has 1 fully saturated rings. The third-order valence-electron chi connectivity index (χ3n) is 4.38. The zero-order valence-corrected chi connectivity index (χ0v) is 15.3. The third-order valence-corrected chi connectivity index (χ3v) is 5.28. The summed E-state index contributed by atoms with van der Waals surface area (Å²) in [5.74, 6) is -0.828. The maximum Gasteiger partial charge on any atom is 0.350 e. The van der Waals surface area contributed by atoms with E-state index in [2.05, 4.69) is 5.32 Å². The normalized spacial score (nSPS) is 14.9. The lowest BCUT2D eigenvalue weighted by Gasteiger charge is -2.33. The van der Waals surface area contributed by atoms with Crippen molar-refractivity contribution in [3.8, 4) is 0 Å². The molecule has 1 amide bonds. The first-order valence-corrected chi connectivity index (χ1v) is 9.25. The molecule has 2 aromatic rings. The number of nitrogens with zero attached hydrogens (tertiary/aromatic N) is 1. The Morgan fingerprint density at radius 1 is 1.27 bits per heavy atom. The summed E-state index contributed by atoms with van der Waals surface area (Å²) < 4.78 is 18.6. The average molecular weight is 378 g/mol. The van der Waals surface area contributed by atoms with Crippen molar-refractivity contribution in [1.82, 2.24) is 0 Å². The Labute approximate surface area is 155 Å². The Hall–Kier alpha value is -2.45. The van der Waals surface area contributed by atoms with Gasteiger partial charge < -0.3 is 19.9 Å². The van der Waals surface area contributed by atoms with E-state index in [1.807, 2.05) is 11.0 Å². The number of anilines is 2. The zero-order chi connectivity index (χ0) is 18.5. The number of benzene rings is 1. The van der Waals surface area contributed by atoms with Crippen LogP contribution in [0.5, 0.6) is 0 Å². The van der Waals surface area contributed by atoms with Crippen LogP contribution < -0.4 is 15.1 Å². The van der Waals surface area contributed by atoms with Gasteiger partial charge in [-0.1, -0.05) is 12.1 Å². The number of amides is 1. The number of carbonyl (C=O) groups is 2. The summed E-state index contributed by atoms with van der Waals surface area (Å²) in [5.41, 5.74) is 1.09. The number of nitrogens with one attached hydrogen (secondary N) is 2. The van der Waals surface area contributed by atoms with Crippen molar-refractivity contribution in [2.45, 2.75) is 0 Å². The Bertz CT molecular complexity index is 787. The van der Waals surface area contributed by atoms with Gasteiger partial charge in [-0.15, -0.1) is 11.3 Å². The van der Waals surface area contributed by atoms with Gasteiger partial charge in [0.1, 0.15) is 10.7 Å². The number of quaternary nitrogens is 1. The molecule has 1 aromatic carbocycles. The van der Waals surface area contributed by atoms with Gasteiger partial charge in [0.25, 0.3) is 5.91 Å². The van der Waals surface area contributed by atoms with E-state index in [1.54, 1.807) is 23.6 Å². The molecule has 138 valence electrons. The quantitative estimate of drug-likeness (QED) is 0.763. The van der Waals surface area contributed by atoms with Crippen LogP contribution in [-0.2, 0) is 9.53 Å². The fourth-order valence-electron chi connectivity index (χ4n) is 3.03. The van der Waals surface area contributed by atoms with Crippen LogP contribution in [0.4, 0.5) is 15.8 Å². The zero-order valence-electron chi connectivity index (χ0n) is 14.5. The van der Waals surface area contributed by atoms with Crippen molar-refractivity contribution in [3.63, 3.8) is 0 Å². The van der Waals surface area contributed by atoms with Gasteiger partial charge in [0.15, 0.2) is 6.54 Å². The van der Waals surface area contributed by atoms with Crippen LogP contribution in [0.3, 0.4) is 0 Å². The Morgan fingerprint density at radius 2 is 2.00 bits per heavy atom. The molecule has 3 rings (SSSR count). The second kappa shape index (κ2) is 8.29. The molecule has 26 heavy (non-hydrogen) atoms. The summed E-state index contributed by atoms with van der Waals surface area (Å²) >= 11 is 1.23. The number of esters is 1. The first-order valence-electron chi connectivity index (χ1n) is 8.37. The van der Waals surface area contributed by atoms with Gasteiger partial charge in [0, 0.05) is 0 Å². The fraction of sp³-hybridized carbons (Fsp3) is 0.333. The van der Waals surface area contributed by atoms with Crippen LogP contribution in [0, 0.1) is 5.82 Å². The topological polar surface area (TPSA) is 63.1 Å². The van der Waals surface area contributed by atoms with E-state index in [0.29, 0.717) is 35.9 Å². The molecule has 0 aliphatic carbocycles. The van der Waals surface area contributed by atoms with Crippen LogP contribution in [0.15, 0.2) is 35.7 Å². The highest BCUT2D eigenvalue weighted by atomic mass is 32.1. The molecular formula is C18H21FN3O3S+. The summed E-state index contributed by atoms with van der Waals surface area (Å²) in [6.07, 6.45) is 0. The SMILES string of the molecule is COC(=O)c1sccc1NC(=O)C[NH+]1CCN(c2ccccc2F)CC1. The number of thiophene rings is 1.